The van der Waals surface area contributed by atoms with Crippen LogP contribution in [0.4, 0.5) is 0 Å². The zero-order valence-electron chi connectivity index (χ0n) is 20.4. The smallest absolute Gasteiger partial charge is 0.292 e. The Kier molecular flexibility index (Phi) is 8.43. The first-order chi connectivity index (χ1) is 14.7. The van der Waals surface area contributed by atoms with Crippen LogP contribution in [-0.2, 0) is 10.3 Å². The van der Waals surface area contributed by atoms with Crippen molar-refractivity contribution in [3.8, 4) is 0 Å². The van der Waals surface area contributed by atoms with Crippen molar-refractivity contribution in [3.05, 3.63) is 69.8 Å². The summed E-state index contributed by atoms with van der Waals surface area (Å²) in [6.07, 6.45) is 0. The van der Waals surface area contributed by atoms with Gasteiger partial charge in [-0.3, -0.25) is 9.35 Å². The molecule has 175 valence electrons. The Morgan fingerprint density at radius 2 is 1.28 bits per heavy atom. The van der Waals surface area contributed by atoms with Crippen molar-refractivity contribution in [3.63, 3.8) is 0 Å². The second-order valence-corrected chi connectivity index (χ2v) is 10.8. The predicted molar refractivity (Wildman–Crippen MR) is 130 cm³/mol. The summed E-state index contributed by atoms with van der Waals surface area (Å²) in [6.45, 7) is 16.1. The fourth-order valence-electron chi connectivity index (χ4n) is 3.88. The van der Waals surface area contributed by atoms with Gasteiger partial charge in [-0.25, -0.2) is 0 Å². The van der Waals surface area contributed by atoms with E-state index in [0.29, 0.717) is 11.1 Å². The number of hydrogen-bond donors (Lipinski definition) is 2. The van der Waals surface area contributed by atoms with E-state index in [1.54, 1.807) is 12.1 Å². The number of benzene rings is 2. The van der Waals surface area contributed by atoms with Crippen LogP contribution in [0.15, 0.2) is 30.3 Å². The van der Waals surface area contributed by atoms with E-state index in [0.717, 1.165) is 22.3 Å². The molecule has 0 fully saturated rings. The number of carbonyl (C=O) groups excluding carboxylic acids is 1. The van der Waals surface area contributed by atoms with E-state index in [1.807, 2.05) is 73.6 Å². The standard InChI is InChI=1S/C26H36NO4S/c1-15(2)19-12-20(16(3)4)14-21(13-19)26(28)25(27-32(29,30)31)24-22(17(5)6)10-9-11-23(24)18(7)8/h9-11,13-18,25,27H,1-8H3,(H,29,30,31). The molecule has 5 nitrogen and oxygen atoms in total. The third-order valence-corrected chi connectivity index (χ3v) is 6.21. The Hall–Kier alpha value is -2.02. The molecule has 32 heavy (non-hydrogen) atoms. The second-order valence-electron chi connectivity index (χ2n) is 9.64. The maximum atomic E-state index is 13.9. The molecule has 0 bridgehead atoms. The lowest BCUT2D eigenvalue weighted by atomic mass is 9.82. The first-order valence-corrected chi connectivity index (χ1v) is 12.7. The lowest BCUT2D eigenvalue weighted by Gasteiger charge is -2.26. The van der Waals surface area contributed by atoms with E-state index in [2.05, 4.69) is 10.8 Å². The highest BCUT2D eigenvalue weighted by molar-refractivity contribution is 7.83. The second kappa shape index (κ2) is 10.3. The Balaban J connectivity index is 2.81. The summed E-state index contributed by atoms with van der Waals surface area (Å²) in [7, 11) is -4.64. The highest BCUT2D eigenvalue weighted by Crippen LogP contribution is 2.35. The van der Waals surface area contributed by atoms with E-state index >= 15 is 0 Å². The quantitative estimate of drug-likeness (QED) is 0.341. The summed E-state index contributed by atoms with van der Waals surface area (Å²) < 4.78 is 35.8. The molecular formula is C26H36NO4S. The number of carbonyl (C=O) groups is 1. The van der Waals surface area contributed by atoms with Gasteiger partial charge in [0.1, 0.15) is 6.04 Å². The first kappa shape index (κ1) is 26.2. The van der Waals surface area contributed by atoms with Gasteiger partial charge in [-0.1, -0.05) is 73.6 Å². The molecule has 0 amide bonds. The third kappa shape index (κ3) is 6.27. The van der Waals surface area contributed by atoms with Crippen LogP contribution in [0.2, 0.25) is 0 Å². The summed E-state index contributed by atoms with van der Waals surface area (Å²) in [5, 5.41) is 0. The summed E-state index contributed by atoms with van der Waals surface area (Å²) in [5.74, 6) is 0.0350. The van der Waals surface area contributed by atoms with Crippen LogP contribution >= 0.6 is 0 Å². The van der Waals surface area contributed by atoms with Crippen molar-refractivity contribution in [1.82, 2.24) is 4.72 Å². The van der Waals surface area contributed by atoms with Crippen LogP contribution in [0.3, 0.4) is 0 Å². The van der Waals surface area contributed by atoms with Crippen molar-refractivity contribution >= 4 is 16.1 Å². The topological polar surface area (TPSA) is 83.5 Å². The molecule has 1 radical (unpaired) electrons. The van der Waals surface area contributed by atoms with E-state index in [-0.39, 0.29) is 23.7 Å². The molecule has 6 heteroatoms. The molecule has 0 aromatic heterocycles. The predicted octanol–water partition coefficient (Wildman–Crippen LogP) is 6.30. The largest absolute Gasteiger partial charge is 0.334 e. The molecule has 0 aliphatic carbocycles. The van der Waals surface area contributed by atoms with Gasteiger partial charge in [-0.05, 0) is 69.7 Å². The summed E-state index contributed by atoms with van der Waals surface area (Å²) >= 11 is 0. The average Bonchev–Trinajstić information content (AvgIpc) is 2.69. The van der Waals surface area contributed by atoms with Gasteiger partial charge < -0.3 is 0 Å². The highest BCUT2D eigenvalue weighted by atomic mass is 32.2. The Morgan fingerprint density at radius 3 is 1.62 bits per heavy atom. The SMILES string of the molecule is CC(C)c1[c]c(C(C)C)cc(C(=O)C(NS(=O)(=O)O)c2c(C(C)C)cccc2C(C)C)c1. The zero-order valence-corrected chi connectivity index (χ0v) is 21.2. The monoisotopic (exact) mass is 458 g/mol. The van der Waals surface area contributed by atoms with Gasteiger partial charge in [0.2, 0.25) is 0 Å². The van der Waals surface area contributed by atoms with E-state index in [1.165, 1.54) is 0 Å². The molecule has 0 aliphatic heterocycles. The summed E-state index contributed by atoms with van der Waals surface area (Å²) in [5.41, 5.74) is 4.57. The normalized spacial score (nSPS) is 13.4. The molecule has 0 saturated carbocycles. The van der Waals surface area contributed by atoms with E-state index in [9.17, 15) is 17.8 Å². The number of ketones is 1. The number of nitrogens with one attached hydrogen (secondary N) is 1. The van der Waals surface area contributed by atoms with Gasteiger partial charge >= 0.3 is 10.3 Å². The minimum absolute atomic E-state index is 0.0590. The molecular weight excluding hydrogens is 422 g/mol. The molecule has 1 unspecified atom stereocenters. The van der Waals surface area contributed by atoms with Crippen molar-refractivity contribution in [2.75, 3.05) is 0 Å². The Morgan fingerprint density at radius 1 is 0.844 bits per heavy atom. The van der Waals surface area contributed by atoms with Crippen LogP contribution in [0.1, 0.15) is 123 Å². The number of Topliss-reactive ketones (excluding diaryl/α,β-unsaturated/α-hetero) is 1. The van der Waals surface area contributed by atoms with Crippen LogP contribution in [-0.4, -0.2) is 18.8 Å². The van der Waals surface area contributed by atoms with Gasteiger partial charge in [0.25, 0.3) is 0 Å². The van der Waals surface area contributed by atoms with Gasteiger partial charge in [0.05, 0.1) is 0 Å². The molecule has 2 aromatic carbocycles. The maximum Gasteiger partial charge on any atom is 0.334 e. The van der Waals surface area contributed by atoms with Gasteiger partial charge in [-0.2, -0.15) is 13.1 Å². The Bertz CT molecular complexity index is 1020. The highest BCUT2D eigenvalue weighted by Gasteiger charge is 2.32. The van der Waals surface area contributed by atoms with Crippen molar-refractivity contribution in [2.45, 2.75) is 85.1 Å². The van der Waals surface area contributed by atoms with Crippen molar-refractivity contribution in [2.24, 2.45) is 0 Å². The number of hydrogen-bond acceptors (Lipinski definition) is 3. The molecule has 0 saturated heterocycles. The van der Waals surface area contributed by atoms with E-state index < -0.39 is 22.1 Å². The van der Waals surface area contributed by atoms with Gasteiger partial charge in [0.15, 0.2) is 5.78 Å². The summed E-state index contributed by atoms with van der Waals surface area (Å²) in [6, 6.07) is 11.5. The lowest BCUT2D eigenvalue weighted by Crippen LogP contribution is -2.35. The van der Waals surface area contributed by atoms with Crippen LogP contribution in [0.5, 0.6) is 0 Å². The Labute approximate surface area is 193 Å². The maximum absolute atomic E-state index is 13.9. The number of rotatable bonds is 9. The molecule has 2 aromatic rings. The van der Waals surface area contributed by atoms with Crippen molar-refractivity contribution in [1.29, 1.82) is 0 Å². The molecule has 2 N–H and O–H groups in total. The molecule has 1 atom stereocenters. The first-order valence-electron chi connectivity index (χ1n) is 11.2. The third-order valence-electron chi connectivity index (χ3n) is 5.67. The van der Waals surface area contributed by atoms with Gasteiger partial charge in [-0.15, -0.1) is 0 Å². The summed E-state index contributed by atoms with van der Waals surface area (Å²) in [4.78, 5) is 13.9. The molecule has 2 rings (SSSR count). The molecule has 0 aliphatic rings. The van der Waals surface area contributed by atoms with E-state index in [4.69, 9.17) is 0 Å². The minimum atomic E-state index is -4.64. The van der Waals surface area contributed by atoms with Crippen LogP contribution in [0, 0.1) is 6.07 Å². The average molecular weight is 459 g/mol. The fourth-order valence-corrected chi connectivity index (χ4v) is 4.40. The van der Waals surface area contributed by atoms with Gasteiger partial charge in [0, 0.05) is 5.56 Å². The van der Waals surface area contributed by atoms with Crippen LogP contribution in [0.25, 0.3) is 0 Å². The zero-order chi connectivity index (χ0) is 24.4. The van der Waals surface area contributed by atoms with Crippen molar-refractivity contribution < 1.29 is 17.8 Å². The van der Waals surface area contributed by atoms with Crippen LogP contribution < -0.4 is 4.72 Å². The minimum Gasteiger partial charge on any atom is -0.292 e. The lowest BCUT2D eigenvalue weighted by molar-refractivity contribution is 0.0950. The molecule has 0 heterocycles. The fraction of sp³-hybridized carbons (Fsp3) is 0.500. The molecule has 0 spiro atoms.